The van der Waals surface area contributed by atoms with Crippen molar-refractivity contribution < 1.29 is 14.7 Å². The number of hydrogen-bond acceptors (Lipinski definition) is 3. The summed E-state index contributed by atoms with van der Waals surface area (Å²) in [6.45, 7) is 5.71. The van der Waals surface area contributed by atoms with Crippen LogP contribution in [-0.2, 0) is 4.79 Å². The van der Waals surface area contributed by atoms with Crippen molar-refractivity contribution in [1.29, 1.82) is 0 Å². The molecule has 0 saturated heterocycles. The second-order valence-corrected chi connectivity index (χ2v) is 5.85. The summed E-state index contributed by atoms with van der Waals surface area (Å²) in [4.78, 5) is 23.8. The molecule has 1 aromatic rings. The Bertz CT molecular complexity index is 418. The molecule has 1 aromatic heterocycles. The first kappa shape index (κ1) is 15.5. The molecule has 19 heavy (non-hydrogen) atoms. The van der Waals surface area contributed by atoms with Crippen molar-refractivity contribution in [2.24, 2.45) is 5.92 Å². The van der Waals surface area contributed by atoms with Gasteiger partial charge in [0.1, 0.15) is 6.04 Å². The van der Waals surface area contributed by atoms with Gasteiger partial charge in [-0.3, -0.25) is 0 Å². The van der Waals surface area contributed by atoms with Crippen LogP contribution in [0.25, 0.3) is 0 Å². The molecule has 2 atom stereocenters. The fourth-order valence-electron chi connectivity index (χ4n) is 1.70. The van der Waals surface area contributed by atoms with Gasteiger partial charge in [0.05, 0.1) is 6.04 Å². The lowest BCUT2D eigenvalue weighted by Gasteiger charge is -2.19. The quantitative estimate of drug-likeness (QED) is 0.751. The summed E-state index contributed by atoms with van der Waals surface area (Å²) in [6.07, 6.45) is 0.413. The summed E-state index contributed by atoms with van der Waals surface area (Å²) in [5.41, 5.74) is 0. The van der Waals surface area contributed by atoms with Crippen molar-refractivity contribution in [1.82, 2.24) is 10.6 Å². The number of thiophene rings is 1. The first-order valence-electron chi connectivity index (χ1n) is 6.23. The molecule has 2 unspecified atom stereocenters. The Balaban J connectivity index is 2.51. The van der Waals surface area contributed by atoms with E-state index in [0.717, 1.165) is 4.88 Å². The molecule has 2 amide bonds. The minimum atomic E-state index is -1.01. The maximum atomic E-state index is 11.8. The maximum absolute atomic E-state index is 11.8. The van der Waals surface area contributed by atoms with E-state index in [0.29, 0.717) is 6.42 Å². The van der Waals surface area contributed by atoms with E-state index in [1.807, 2.05) is 38.3 Å². The Hall–Kier alpha value is -1.56. The van der Waals surface area contributed by atoms with Crippen LogP contribution in [-0.4, -0.2) is 23.1 Å². The van der Waals surface area contributed by atoms with E-state index in [-0.39, 0.29) is 12.0 Å². The van der Waals surface area contributed by atoms with Crippen LogP contribution in [0, 0.1) is 5.92 Å². The minimum Gasteiger partial charge on any atom is -0.480 e. The van der Waals surface area contributed by atoms with E-state index in [1.165, 1.54) is 0 Å². The zero-order chi connectivity index (χ0) is 14.4. The number of aliphatic carboxylic acids is 1. The fraction of sp³-hybridized carbons (Fsp3) is 0.538. The third-order valence-corrected chi connectivity index (χ3v) is 3.68. The van der Waals surface area contributed by atoms with Crippen LogP contribution in [0.5, 0.6) is 0 Å². The van der Waals surface area contributed by atoms with Gasteiger partial charge in [-0.1, -0.05) is 19.9 Å². The number of urea groups is 1. The zero-order valence-corrected chi connectivity index (χ0v) is 12.2. The molecule has 106 valence electrons. The smallest absolute Gasteiger partial charge is 0.326 e. The van der Waals surface area contributed by atoms with Gasteiger partial charge in [0.15, 0.2) is 0 Å². The third-order valence-electron chi connectivity index (χ3n) is 2.63. The minimum absolute atomic E-state index is 0.131. The van der Waals surface area contributed by atoms with Crippen LogP contribution in [0.1, 0.15) is 38.1 Å². The van der Waals surface area contributed by atoms with Gasteiger partial charge in [-0.2, -0.15) is 0 Å². The number of rotatable bonds is 6. The molecule has 0 saturated carbocycles. The Kier molecular flexibility index (Phi) is 5.82. The average Bonchev–Trinajstić information content (AvgIpc) is 2.80. The number of carboxylic acid groups (broad SMARTS) is 1. The second-order valence-electron chi connectivity index (χ2n) is 4.88. The fourth-order valence-corrected chi connectivity index (χ4v) is 2.43. The molecular weight excluding hydrogens is 264 g/mol. The normalized spacial score (nSPS) is 13.9. The highest BCUT2D eigenvalue weighted by molar-refractivity contribution is 7.10. The second kappa shape index (κ2) is 7.13. The summed E-state index contributed by atoms with van der Waals surface area (Å²) >= 11 is 1.55. The molecule has 6 heteroatoms. The number of hydrogen-bond donors (Lipinski definition) is 3. The van der Waals surface area contributed by atoms with Crippen molar-refractivity contribution in [2.75, 3.05) is 0 Å². The lowest BCUT2D eigenvalue weighted by atomic mass is 10.0. The van der Waals surface area contributed by atoms with Gasteiger partial charge < -0.3 is 15.7 Å². The average molecular weight is 284 g/mol. The Morgan fingerprint density at radius 3 is 2.47 bits per heavy atom. The summed E-state index contributed by atoms with van der Waals surface area (Å²) < 4.78 is 0. The molecule has 0 aliphatic rings. The first-order chi connectivity index (χ1) is 8.90. The SMILES string of the molecule is CC(C)CC(NC(=O)NC(C)c1cccs1)C(=O)O. The molecular formula is C13H20N2O3S. The molecule has 0 spiro atoms. The number of carboxylic acids is 1. The highest BCUT2D eigenvalue weighted by atomic mass is 32.1. The molecule has 0 aliphatic heterocycles. The van der Waals surface area contributed by atoms with Gasteiger partial charge in [-0.25, -0.2) is 9.59 Å². The molecule has 0 aromatic carbocycles. The van der Waals surface area contributed by atoms with E-state index < -0.39 is 18.0 Å². The topological polar surface area (TPSA) is 78.4 Å². The van der Waals surface area contributed by atoms with Crippen molar-refractivity contribution in [2.45, 2.75) is 39.3 Å². The predicted octanol–water partition coefficient (Wildman–Crippen LogP) is 2.61. The van der Waals surface area contributed by atoms with Crippen LogP contribution in [0.4, 0.5) is 4.79 Å². The largest absolute Gasteiger partial charge is 0.480 e. The van der Waals surface area contributed by atoms with E-state index in [4.69, 9.17) is 5.11 Å². The van der Waals surface area contributed by atoms with Gasteiger partial charge >= 0.3 is 12.0 Å². The number of amides is 2. The summed E-state index contributed by atoms with van der Waals surface area (Å²) in [7, 11) is 0. The standard InChI is InChI=1S/C13H20N2O3S/c1-8(2)7-10(12(16)17)15-13(18)14-9(3)11-5-4-6-19-11/h4-6,8-10H,7H2,1-3H3,(H,16,17)(H2,14,15,18). The van der Waals surface area contributed by atoms with Gasteiger partial charge in [-0.05, 0) is 30.7 Å². The molecule has 1 rings (SSSR count). The molecule has 0 aliphatic carbocycles. The number of carbonyl (C=O) groups is 2. The Labute approximate surface area is 117 Å². The summed E-state index contributed by atoms with van der Waals surface area (Å²) in [5.74, 6) is -0.802. The summed E-state index contributed by atoms with van der Waals surface area (Å²) in [5, 5.41) is 16.2. The third kappa shape index (κ3) is 5.30. The van der Waals surface area contributed by atoms with Crippen LogP contribution < -0.4 is 10.6 Å². The van der Waals surface area contributed by atoms with Gasteiger partial charge in [0.2, 0.25) is 0 Å². The molecule has 3 N–H and O–H groups in total. The zero-order valence-electron chi connectivity index (χ0n) is 11.3. The van der Waals surface area contributed by atoms with Crippen molar-refractivity contribution in [3.63, 3.8) is 0 Å². The molecule has 0 fully saturated rings. The van der Waals surface area contributed by atoms with Gasteiger partial charge in [-0.15, -0.1) is 11.3 Å². The van der Waals surface area contributed by atoms with Crippen molar-refractivity contribution in [3.05, 3.63) is 22.4 Å². The predicted molar refractivity (Wildman–Crippen MR) is 75.3 cm³/mol. The van der Waals surface area contributed by atoms with Gasteiger partial charge in [0, 0.05) is 4.88 Å². The van der Waals surface area contributed by atoms with Crippen LogP contribution in [0.15, 0.2) is 17.5 Å². The summed E-state index contributed by atoms with van der Waals surface area (Å²) in [6, 6.07) is 2.41. The lowest BCUT2D eigenvalue weighted by Crippen LogP contribution is -2.47. The van der Waals surface area contributed by atoms with Gasteiger partial charge in [0.25, 0.3) is 0 Å². The highest BCUT2D eigenvalue weighted by Crippen LogP contribution is 2.17. The van der Waals surface area contributed by atoms with Crippen molar-refractivity contribution >= 4 is 23.3 Å². The van der Waals surface area contributed by atoms with E-state index in [1.54, 1.807) is 11.3 Å². The van der Waals surface area contributed by atoms with Crippen LogP contribution in [0.2, 0.25) is 0 Å². The number of nitrogens with one attached hydrogen (secondary N) is 2. The van der Waals surface area contributed by atoms with Crippen molar-refractivity contribution in [3.8, 4) is 0 Å². The lowest BCUT2D eigenvalue weighted by molar-refractivity contribution is -0.139. The molecule has 5 nitrogen and oxygen atoms in total. The number of carbonyl (C=O) groups excluding carboxylic acids is 1. The van der Waals surface area contributed by atoms with E-state index in [9.17, 15) is 9.59 Å². The van der Waals surface area contributed by atoms with Crippen LogP contribution >= 0.6 is 11.3 Å². The Morgan fingerprint density at radius 1 is 1.32 bits per heavy atom. The monoisotopic (exact) mass is 284 g/mol. The highest BCUT2D eigenvalue weighted by Gasteiger charge is 2.21. The maximum Gasteiger partial charge on any atom is 0.326 e. The van der Waals surface area contributed by atoms with E-state index >= 15 is 0 Å². The van der Waals surface area contributed by atoms with E-state index in [2.05, 4.69) is 10.6 Å². The first-order valence-corrected chi connectivity index (χ1v) is 7.11. The van der Waals surface area contributed by atoms with Crippen LogP contribution in [0.3, 0.4) is 0 Å². The Morgan fingerprint density at radius 2 is 2.00 bits per heavy atom. The molecule has 0 bridgehead atoms. The molecule has 0 radical (unpaired) electrons. The molecule has 1 heterocycles.